The first-order valence-corrected chi connectivity index (χ1v) is 10.7. The van der Waals surface area contributed by atoms with E-state index in [2.05, 4.69) is 5.32 Å². The van der Waals surface area contributed by atoms with Crippen LogP contribution in [0.2, 0.25) is 0 Å². The number of anilines is 1. The van der Waals surface area contributed by atoms with Gasteiger partial charge in [0.05, 0.1) is 16.8 Å². The number of rotatable bonds is 6. The van der Waals surface area contributed by atoms with E-state index in [1.165, 1.54) is 0 Å². The van der Waals surface area contributed by atoms with Gasteiger partial charge in [-0.25, -0.2) is 13.2 Å². The maximum Gasteiger partial charge on any atom is 0.410 e. The molecule has 8 heteroatoms. The summed E-state index contributed by atoms with van der Waals surface area (Å²) in [5, 5.41) is 2.68. The number of carbonyl (C=O) groups is 1. The van der Waals surface area contributed by atoms with Crippen LogP contribution >= 0.6 is 0 Å². The van der Waals surface area contributed by atoms with E-state index in [-0.39, 0.29) is 6.09 Å². The second kappa shape index (κ2) is 8.93. The minimum absolute atomic E-state index is 0.315. The zero-order valence-electron chi connectivity index (χ0n) is 16.5. The number of nitrogens with zero attached hydrogens (tertiary/aromatic N) is 1. The molecule has 1 aromatic rings. The van der Waals surface area contributed by atoms with Crippen LogP contribution in [0.1, 0.15) is 33.6 Å². The van der Waals surface area contributed by atoms with E-state index < -0.39 is 20.7 Å². The van der Waals surface area contributed by atoms with Gasteiger partial charge in [-0.05, 0) is 57.9 Å². The molecule has 0 bridgehead atoms. The highest BCUT2D eigenvalue weighted by Gasteiger charge is 2.34. The fourth-order valence-corrected chi connectivity index (χ4v) is 4.66. The van der Waals surface area contributed by atoms with Crippen LogP contribution in [-0.2, 0) is 19.3 Å². The van der Waals surface area contributed by atoms with Gasteiger partial charge in [0, 0.05) is 32.4 Å². The predicted molar refractivity (Wildman–Crippen MR) is 105 cm³/mol. The molecular formula is C19H30N2O5S. The molecule has 1 saturated heterocycles. The minimum atomic E-state index is -3.42. The Bertz CT molecular complexity index is 717. The third-order valence-electron chi connectivity index (χ3n) is 4.35. The first kappa shape index (κ1) is 21.5. The van der Waals surface area contributed by atoms with Crippen molar-refractivity contribution in [2.45, 2.75) is 49.4 Å². The van der Waals surface area contributed by atoms with Gasteiger partial charge in [0.25, 0.3) is 0 Å². The zero-order valence-corrected chi connectivity index (χ0v) is 17.3. The van der Waals surface area contributed by atoms with Gasteiger partial charge in [-0.3, -0.25) is 0 Å². The van der Waals surface area contributed by atoms with Crippen LogP contribution in [0.4, 0.5) is 10.5 Å². The lowest BCUT2D eigenvalue weighted by Gasteiger charge is -2.33. The number of amides is 1. The monoisotopic (exact) mass is 398 g/mol. The van der Waals surface area contributed by atoms with Crippen molar-refractivity contribution in [2.24, 2.45) is 0 Å². The first-order chi connectivity index (χ1) is 12.6. The maximum absolute atomic E-state index is 12.9. The number of methoxy groups -OCH3 is 1. The van der Waals surface area contributed by atoms with Gasteiger partial charge in [0.2, 0.25) is 0 Å². The Hall–Kier alpha value is -1.80. The molecule has 0 atom stereocenters. The maximum atomic E-state index is 12.9. The molecule has 0 spiro atoms. The van der Waals surface area contributed by atoms with Crippen molar-refractivity contribution < 1.29 is 22.7 Å². The highest BCUT2D eigenvalue weighted by Crippen LogP contribution is 2.26. The molecule has 0 unspecified atom stereocenters. The number of sulfone groups is 1. The topological polar surface area (TPSA) is 84.9 Å². The lowest BCUT2D eigenvalue weighted by atomic mass is 10.1. The molecule has 0 radical (unpaired) electrons. The van der Waals surface area contributed by atoms with Gasteiger partial charge < -0.3 is 19.7 Å². The molecule has 1 aliphatic rings. The highest BCUT2D eigenvalue weighted by molar-refractivity contribution is 7.92. The summed E-state index contributed by atoms with van der Waals surface area (Å²) in [6.07, 6.45) is 0.440. The SMILES string of the molecule is COCCNc1ccc(S(=O)(=O)C2CCN(C(=O)OC(C)(C)C)CC2)cc1. The van der Waals surface area contributed by atoms with E-state index in [1.54, 1.807) is 36.3 Å². The third-order valence-corrected chi connectivity index (χ3v) is 6.63. The average molecular weight is 399 g/mol. The molecule has 1 N–H and O–H groups in total. The summed E-state index contributed by atoms with van der Waals surface area (Å²) < 4.78 is 36.1. The summed E-state index contributed by atoms with van der Waals surface area (Å²) in [6, 6.07) is 6.78. The van der Waals surface area contributed by atoms with Gasteiger partial charge in [-0.15, -0.1) is 0 Å². The van der Waals surface area contributed by atoms with Crippen LogP contribution in [-0.4, -0.2) is 63.6 Å². The van der Waals surface area contributed by atoms with Gasteiger partial charge >= 0.3 is 6.09 Å². The molecule has 1 amide bonds. The molecule has 1 aromatic carbocycles. The van der Waals surface area contributed by atoms with Gasteiger partial charge in [0.1, 0.15) is 5.60 Å². The Kier molecular flexibility index (Phi) is 7.11. The first-order valence-electron chi connectivity index (χ1n) is 9.18. The standard InChI is InChI=1S/C19H30N2O5S/c1-19(2,3)26-18(22)21-12-9-17(10-13-21)27(23,24)16-7-5-15(6-8-16)20-11-14-25-4/h5-8,17,20H,9-14H2,1-4H3. The highest BCUT2D eigenvalue weighted by atomic mass is 32.2. The van der Waals surface area contributed by atoms with Crippen molar-refractivity contribution in [2.75, 3.05) is 38.7 Å². The summed E-state index contributed by atoms with van der Waals surface area (Å²) in [4.78, 5) is 14.0. The average Bonchev–Trinajstić information content (AvgIpc) is 2.61. The summed E-state index contributed by atoms with van der Waals surface area (Å²) in [7, 11) is -1.79. The summed E-state index contributed by atoms with van der Waals surface area (Å²) in [5.74, 6) is 0. The molecule has 0 aliphatic carbocycles. The van der Waals surface area contributed by atoms with E-state index in [4.69, 9.17) is 9.47 Å². The van der Waals surface area contributed by atoms with Crippen molar-refractivity contribution in [3.05, 3.63) is 24.3 Å². The molecule has 1 fully saturated rings. The van der Waals surface area contributed by atoms with Crippen LogP contribution in [0.5, 0.6) is 0 Å². The van der Waals surface area contributed by atoms with Crippen molar-refractivity contribution >= 4 is 21.6 Å². The second-order valence-corrected chi connectivity index (χ2v) is 9.88. The van der Waals surface area contributed by atoms with Crippen LogP contribution < -0.4 is 5.32 Å². The summed E-state index contributed by atoms with van der Waals surface area (Å²) >= 11 is 0. The molecule has 0 aromatic heterocycles. The lowest BCUT2D eigenvalue weighted by molar-refractivity contribution is 0.0217. The smallest absolute Gasteiger partial charge is 0.410 e. The number of ether oxygens (including phenoxy) is 2. The van der Waals surface area contributed by atoms with Crippen LogP contribution in [0, 0.1) is 0 Å². The quantitative estimate of drug-likeness (QED) is 0.742. The summed E-state index contributed by atoms with van der Waals surface area (Å²) in [6.45, 7) is 7.45. The fraction of sp³-hybridized carbons (Fsp3) is 0.632. The van der Waals surface area contributed by atoms with E-state index in [0.717, 1.165) is 5.69 Å². The predicted octanol–water partition coefficient (Wildman–Crippen LogP) is 2.92. The van der Waals surface area contributed by atoms with Crippen LogP contribution in [0.15, 0.2) is 29.2 Å². The largest absolute Gasteiger partial charge is 0.444 e. The van der Waals surface area contributed by atoms with Gasteiger partial charge in [-0.2, -0.15) is 0 Å². The van der Waals surface area contributed by atoms with E-state index in [0.29, 0.717) is 44.0 Å². The molecule has 2 rings (SSSR count). The number of hydrogen-bond donors (Lipinski definition) is 1. The number of nitrogens with one attached hydrogen (secondary N) is 1. The Balaban J connectivity index is 1.95. The van der Waals surface area contributed by atoms with E-state index in [1.807, 2.05) is 20.8 Å². The fourth-order valence-electron chi connectivity index (χ4n) is 2.93. The van der Waals surface area contributed by atoms with E-state index in [9.17, 15) is 13.2 Å². The molecular weight excluding hydrogens is 368 g/mol. The number of likely N-dealkylation sites (tertiary alicyclic amines) is 1. The van der Waals surface area contributed by atoms with Crippen molar-refractivity contribution in [3.63, 3.8) is 0 Å². The molecule has 7 nitrogen and oxygen atoms in total. The lowest BCUT2D eigenvalue weighted by Crippen LogP contribution is -2.44. The van der Waals surface area contributed by atoms with Crippen molar-refractivity contribution in [1.82, 2.24) is 4.90 Å². The van der Waals surface area contributed by atoms with E-state index >= 15 is 0 Å². The number of carbonyl (C=O) groups excluding carboxylic acids is 1. The molecule has 0 saturated carbocycles. The number of benzene rings is 1. The Morgan fingerprint density at radius 3 is 2.30 bits per heavy atom. The Labute approximate surface area is 161 Å². The van der Waals surface area contributed by atoms with Crippen LogP contribution in [0.25, 0.3) is 0 Å². The molecule has 1 aliphatic heterocycles. The second-order valence-electron chi connectivity index (χ2n) is 7.66. The molecule has 1 heterocycles. The minimum Gasteiger partial charge on any atom is -0.444 e. The van der Waals surface area contributed by atoms with Gasteiger partial charge in [-0.1, -0.05) is 0 Å². The Morgan fingerprint density at radius 2 is 1.78 bits per heavy atom. The number of piperidine rings is 1. The number of hydrogen-bond acceptors (Lipinski definition) is 6. The van der Waals surface area contributed by atoms with Crippen molar-refractivity contribution in [3.8, 4) is 0 Å². The molecule has 152 valence electrons. The van der Waals surface area contributed by atoms with Crippen LogP contribution in [0.3, 0.4) is 0 Å². The summed E-state index contributed by atoms with van der Waals surface area (Å²) in [5.41, 5.74) is 0.296. The zero-order chi connectivity index (χ0) is 20.1. The third kappa shape index (κ3) is 6.10. The molecule has 27 heavy (non-hydrogen) atoms. The Morgan fingerprint density at radius 1 is 1.19 bits per heavy atom. The van der Waals surface area contributed by atoms with Crippen molar-refractivity contribution in [1.29, 1.82) is 0 Å². The van der Waals surface area contributed by atoms with Gasteiger partial charge in [0.15, 0.2) is 9.84 Å². The normalized spacial score (nSPS) is 16.2.